The molecule has 1 heterocycles. The van der Waals surface area contributed by atoms with Gasteiger partial charge in [-0.1, -0.05) is 42.5 Å². The van der Waals surface area contributed by atoms with Gasteiger partial charge in [-0.15, -0.1) is 0 Å². The molecule has 6 heteroatoms. The van der Waals surface area contributed by atoms with Crippen LogP contribution in [0, 0.1) is 0 Å². The molecule has 0 aromatic heterocycles. The van der Waals surface area contributed by atoms with Crippen LogP contribution in [0.3, 0.4) is 0 Å². The Morgan fingerprint density at radius 3 is 2.41 bits per heavy atom. The number of nitrogens with one attached hydrogen (secondary N) is 2. The summed E-state index contributed by atoms with van der Waals surface area (Å²) in [5.74, 6) is -0.506. The van der Waals surface area contributed by atoms with Crippen LogP contribution in [-0.4, -0.2) is 23.5 Å². The van der Waals surface area contributed by atoms with Crippen LogP contribution in [0.2, 0.25) is 0 Å². The summed E-state index contributed by atoms with van der Waals surface area (Å²) < 4.78 is 5.01. The highest BCUT2D eigenvalue weighted by molar-refractivity contribution is 6.02. The Morgan fingerprint density at radius 1 is 1.00 bits per heavy atom. The van der Waals surface area contributed by atoms with Gasteiger partial charge in [-0.2, -0.15) is 0 Å². The van der Waals surface area contributed by atoms with Crippen LogP contribution in [0.5, 0.6) is 0 Å². The van der Waals surface area contributed by atoms with Crippen molar-refractivity contribution >= 4 is 23.3 Å². The SMILES string of the molecule is CCOC(=O)c1ccc(NN2C(=O)c3ccccc3N[C@@H]2c2ccccc2)cc1. The van der Waals surface area contributed by atoms with E-state index in [1.165, 1.54) is 0 Å². The summed E-state index contributed by atoms with van der Waals surface area (Å²) in [6, 6.07) is 24.0. The maximum absolute atomic E-state index is 13.2. The van der Waals surface area contributed by atoms with E-state index >= 15 is 0 Å². The first kappa shape index (κ1) is 18.6. The number of carbonyl (C=O) groups excluding carboxylic acids is 2. The molecule has 0 saturated heterocycles. The molecule has 0 radical (unpaired) electrons. The lowest BCUT2D eigenvalue weighted by Crippen LogP contribution is -2.46. The Labute approximate surface area is 169 Å². The molecule has 0 unspecified atom stereocenters. The summed E-state index contributed by atoms with van der Waals surface area (Å²) in [5.41, 5.74) is 6.68. The summed E-state index contributed by atoms with van der Waals surface area (Å²) in [5, 5.41) is 5.00. The molecule has 0 saturated carbocycles. The molecule has 1 aliphatic heterocycles. The minimum absolute atomic E-state index is 0.136. The third-order valence-electron chi connectivity index (χ3n) is 4.69. The molecule has 2 N–H and O–H groups in total. The zero-order valence-electron chi connectivity index (χ0n) is 16.0. The Bertz CT molecular complexity index is 1020. The van der Waals surface area contributed by atoms with Gasteiger partial charge in [-0.3, -0.25) is 10.2 Å². The predicted octanol–water partition coefficient (Wildman–Crippen LogP) is 4.46. The second-order valence-electron chi connectivity index (χ2n) is 6.59. The van der Waals surface area contributed by atoms with Crippen molar-refractivity contribution in [1.29, 1.82) is 0 Å². The number of ether oxygens (including phenoxy) is 1. The Hall–Kier alpha value is -3.80. The van der Waals surface area contributed by atoms with Crippen LogP contribution in [0.4, 0.5) is 11.4 Å². The third-order valence-corrected chi connectivity index (χ3v) is 4.69. The van der Waals surface area contributed by atoms with Gasteiger partial charge < -0.3 is 10.1 Å². The van der Waals surface area contributed by atoms with Gasteiger partial charge in [0.25, 0.3) is 5.91 Å². The Morgan fingerprint density at radius 2 is 1.69 bits per heavy atom. The van der Waals surface area contributed by atoms with Crippen LogP contribution in [-0.2, 0) is 4.74 Å². The molecule has 29 heavy (non-hydrogen) atoms. The van der Waals surface area contributed by atoms with Gasteiger partial charge in [0.2, 0.25) is 0 Å². The molecule has 0 aliphatic carbocycles. The maximum Gasteiger partial charge on any atom is 0.338 e. The van der Waals surface area contributed by atoms with E-state index in [1.54, 1.807) is 42.3 Å². The van der Waals surface area contributed by atoms with Gasteiger partial charge >= 0.3 is 5.97 Å². The summed E-state index contributed by atoms with van der Waals surface area (Å²) in [7, 11) is 0. The number of hydrogen-bond acceptors (Lipinski definition) is 5. The van der Waals surface area contributed by atoms with E-state index in [4.69, 9.17) is 4.74 Å². The standard InChI is InChI=1S/C23H21N3O3/c1-2-29-23(28)17-12-14-18(15-13-17)25-26-21(16-8-4-3-5-9-16)24-20-11-7-6-10-19(20)22(26)27/h3-15,21,24-25H,2H2,1H3/t21-/m0/s1. The summed E-state index contributed by atoms with van der Waals surface area (Å²) in [6.07, 6.45) is -0.386. The van der Waals surface area contributed by atoms with Crippen molar-refractivity contribution in [2.24, 2.45) is 0 Å². The van der Waals surface area contributed by atoms with Gasteiger partial charge in [0.1, 0.15) is 6.17 Å². The molecular weight excluding hydrogens is 366 g/mol. The number of fused-ring (bicyclic) bond motifs is 1. The number of amides is 1. The fourth-order valence-corrected chi connectivity index (χ4v) is 3.27. The second-order valence-corrected chi connectivity index (χ2v) is 6.59. The average Bonchev–Trinajstić information content (AvgIpc) is 2.77. The maximum atomic E-state index is 13.2. The van der Waals surface area contributed by atoms with Crippen LogP contribution >= 0.6 is 0 Å². The number of hydrogen-bond donors (Lipinski definition) is 2. The lowest BCUT2D eigenvalue weighted by molar-refractivity contribution is 0.0526. The first-order chi connectivity index (χ1) is 14.2. The predicted molar refractivity (Wildman–Crippen MR) is 111 cm³/mol. The van der Waals surface area contributed by atoms with Crippen molar-refractivity contribution < 1.29 is 14.3 Å². The number of hydrazine groups is 1. The average molecular weight is 387 g/mol. The molecule has 6 nitrogen and oxygen atoms in total. The van der Waals surface area contributed by atoms with Crippen LogP contribution in [0.25, 0.3) is 0 Å². The summed E-state index contributed by atoms with van der Waals surface area (Å²) in [6.45, 7) is 2.09. The van der Waals surface area contributed by atoms with Crippen molar-refractivity contribution in [2.75, 3.05) is 17.3 Å². The highest BCUT2D eigenvalue weighted by Crippen LogP contribution is 2.33. The third kappa shape index (κ3) is 3.78. The second kappa shape index (κ2) is 8.06. The van der Waals surface area contributed by atoms with E-state index in [1.807, 2.05) is 48.5 Å². The Kier molecular flexibility index (Phi) is 5.16. The van der Waals surface area contributed by atoms with Crippen molar-refractivity contribution in [3.05, 3.63) is 95.6 Å². The number of carbonyl (C=O) groups is 2. The quantitative estimate of drug-likeness (QED) is 0.633. The van der Waals surface area contributed by atoms with Crippen molar-refractivity contribution in [2.45, 2.75) is 13.1 Å². The minimum Gasteiger partial charge on any atom is -0.462 e. The number of esters is 1. The number of nitrogens with zero attached hydrogens (tertiary/aromatic N) is 1. The fourth-order valence-electron chi connectivity index (χ4n) is 3.27. The van der Waals surface area contributed by atoms with E-state index in [-0.39, 0.29) is 18.0 Å². The van der Waals surface area contributed by atoms with Crippen molar-refractivity contribution in [3.63, 3.8) is 0 Å². The molecular formula is C23H21N3O3. The lowest BCUT2D eigenvalue weighted by atomic mass is 10.0. The zero-order chi connectivity index (χ0) is 20.2. The lowest BCUT2D eigenvalue weighted by Gasteiger charge is -2.38. The monoisotopic (exact) mass is 387 g/mol. The molecule has 4 rings (SSSR count). The molecule has 0 fully saturated rings. The largest absolute Gasteiger partial charge is 0.462 e. The van der Waals surface area contributed by atoms with Crippen LogP contribution in [0.15, 0.2) is 78.9 Å². The number of para-hydroxylation sites is 1. The molecule has 0 spiro atoms. The fraction of sp³-hybridized carbons (Fsp3) is 0.130. The Balaban J connectivity index is 1.64. The van der Waals surface area contributed by atoms with Gasteiger partial charge in [0.05, 0.1) is 23.4 Å². The molecule has 1 atom stereocenters. The normalized spacial score (nSPS) is 15.3. The smallest absolute Gasteiger partial charge is 0.338 e. The van der Waals surface area contributed by atoms with Crippen LogP contribution in [0.1, 0.15) is 39.4 Å². The zero-order valence-corrected chi connectivity index (χ0v) is 16.0. The highest BCUT2D eigenvalue weighted by Gasteiger charge is 2.33. The van der Waals surface area contributed by atoms with Gasteiger partial charge in [-0.05, 0) is 48.9 Å². The molecule has 3 aromatic rings. The number of benzene rings is 3. The van der Waals surface area contributed by atoms with Crippen LogP contribution < -0.4 is 10.7 Å². The van der Waals surface area contributed by atoms with Gasteiger partial charge in [0, 0.05) is 5.69 Å². The molecule has 3 aromatic carbocycles. The van der Waals surface area contributed by atoms with E-state index in [2.05, 4.69) is 10.7 Å². The first-order valence-corrected chi connectivity index (χ1v) is 9.45. The molecule has 146 valence electrons. The number of rotatable bonds is 5. The summed E-state index contributed by atoms with van der Waals surface area (Å²) >= 11 is 0. The highest BCUT2D eigenvalue weighted by atomic mass is 16.5. The van der Waals surface area contributed by atoms with Gasteiger partial charge in [0.15, 0.2) is 0 Å². The molecule has 0 bridgehead atoms. The molecule has 1 aliphatic rings. The topological polar surface area (TPSA) is 70.7 Å². The van der Waals surface area contributed by atoms with E-state index in [0.29, 0.717) is 23.4 Å². The first-order valence-electron chi connectivity index (χ1n) is 9.45. The summed E-state index contributed by atoms with van der Waals surface area (Å²) in [4.78, 5) is 25.1. The van der Waals surface area contributed by atoms with Crippen molar-refractivity contribution in [1.82, 2.24) is 5.01 Å². The van der Waals surface area contributed by atoms with E-state index < -0.39 is 0 Å². The number of anilines is 2. The van der Waals surface area contributed by atoms with Gasteiger partial charge in [-0.25, -0.2) is 9.80 Å². The molecule has 1 amide bonds. The minimum atomic E-state index is -0.386. The van der Waals surface area contributed by atoms with Crippen molar-refractivity contribution in [3.8, 4) is 0 Å². The van der Waals surface area contributed by atoms with E-state index in [9.17, 15) is 9.59 Å². The van der Waals surface area contributed by atoms with E-state index in [0.717, 1.165) is 11.3 Å².